The van der Waals surface area contributed by atoms with Crippen LogP contribution in [0.2, 0.25) is 0 Å². The van der Waals surface area contributed by atoms with E-state index in [2.05, 4.69) is 62.4 Å². The Kier molecular flexibility index (Phi) is 6.05. The zero-order chi connectivity index (χ0) is 16.5. The summed E-state index contributed by atoms with van der Waals surface area (Å²) < 4.78 is 0. The van der Waals surface area contributed by atoms with Crippen molar-refractivity contribution in [1.82, 2.24) is 0 Å². The molecule has 25 heavy (non-hydrogen) atoms. The van der Waals surface area contributed by atoms with Crippen molar-refractivity contribution in [2.24, 2.45) is 5.92 Å². The first-order valence-electron chi connectivity index (χ1n) is 9.46. The van der Waals surface area contributed by atoms with Gasteiger partial charge in [-0.3, -0.25) is 0 Å². The van der Waals surface area contributed by atoms with Gasteiger partial charge >= 0.3 is 0 Å². The molecule has 4 rings (SSSR count). The van der Waals surface area contributed by atoms with Crippen molar-refractivity contribution in [2.75, 3.05) is 0 Å². The molecule has 0 amide bonds. The Balaban J connectivity index is 0.00000182. The molecule has 0 bridgehead atoms. The van der Waals surface area contributed by atoms with E-state index < -0.39 is 0 Å². The van der Waals surface area contributed by atoms with Gasteiger partial charge in [-0.05, 0) is 31.7 Å². The number of aryl methyl sites for hydroxylation is 2. The van der Waals surface area contributed by atoms with E-state index in [0.29, 0.717) is 0 Å². The second-order valence-corrected chi connectivity index (χ2v) is 7.76. The third-order valence-corrected chi connectivity index (χ3v) is 5.59. The minimum absolute atomic E-state index is 0. The van der Waals surface area contributed by atoms with Crippen molar-refractivity contribution in [1.29, 1.82) is 0 Å². The Bertz CT molecular complexity index is 829. The van der Waals surface area contributed by atoms with Gasteiger partial charge in [0, 0.05) is 26.2 Å². The summed E-state index contributed by atoms with van der Waals surface area (Å²) in [6.07, 6.45) is 8.41. The Labute approximate surface area is 171 Å². The van der Waals surface area contributed by atoms with Gasteiger partial charge in [0.05, 0.1) is 0 Å². The predicted octanol–water partition coefficient (Wildman–Crippen LogP) is 6.96. The van der Waals surface area contributed by atoms with Gasteiger partial charge in [-0.1, -0.05) is 73.1 Å². The van der Waals surface area contributed by atoms with Gasteiger partial charge in [0.25, 0.3) is 0 Å². The van der Waals surface area contributed by atoms with E-state index in [0.717, 1.165) is 5.92 Å². The summed E-state index contributed by atoms with van der Waals surface area (Å²) in [7, 11) is 0. The van der Waals surface area contributed by atoms with Crippen LogP contribution in [0.4, 0.5) is 0 Å². The second kappa shape index (κ2) is 8.09. The molecule has 1 saturated carbocycles. The molecule has 0 spiro atoms. The molecule has 1 fully saturated rings. The maximum atomic E-state index is 2.46. The molecule has 0 aromatic heterocycles. The molecular weight excluding hydrogens is 379 g/mol. The second-order valence-electron chi connectivity index (χ2n) is 7.76. The van der Waals surface area contributed by atoms with Crippen molar-refractivity contribution in [2.45, 2.75) is 52.4 Å². The molecule has 1 aliphatic carbocycles. The third-order valence-electron chi connectivity index (χ3n) is 5.59. The van der Waals surface area contributed by atoms with Crippen molar-refractivity contribution in [3.63, 3.8) is 0 Å². The van der Waals surface area contributed by atoms with Crippen LogP contribution in [0.5, 0.6) is 0 Å². The minimum atomic E-state index is 0. The van der Waals surface area contributed by atoms with Crippen LogP contribution in [-0.2, 0) is 32.6 Å². The molecule has 128 valence electrons. The monoisotopic (exact) mass is 405 g/mol. The van der Waals surface area contributed by atoms with Crippen molar-refractivity contribution in [3.8, 4) is 11.1 Å². The fourth-order valence-corrected chi connectivity index (χ4v) is 4.52. The minimum Gasteiger partial charge on any atom is -0.164 e. The first-order chi connectivity index (χ1) is 11.7. The first kappa shape index (κ1) is 18.7. The Morgan fingerprint density at radius 1 is 0.920 bits per heavy atom. The van der Waals surface area contributed by atoms with Crippen molar-refractivity contribution >= 4 is 10.8 Å². The average molecular weight is 407 g/mol. The van der Waals surface area contributed by atoms with Gasteiger partial charge in [0.1, 0.15) is 0 Å². The zero-order valence-electron chi connectivity index (χ0n) is 15.4. The topological polar surface area (TPSA) is 0 Å². The normalized spacial score (nSPS) is 15.3. The van der Waals surface area contributed by atoms with Crippen LogP contribution in [0, 0.1) is 19.8 Å². The summed E-state index contributed by atoms with van der Waals surface area (Å²) in [5, 5.41) is 2.82. The molecule has 0 saturated heterocycles. The van der Waals surface area contributed by atoms with Crippen LogP contribution in [0.15, 0.2) is 48.5 Å². The summed E-state index contributed by atoms with van der Waals surface area (Å²) in [5.74, 6) is 0.903. The third kappa shape index (κ3) is 4.20. The summed E-state index contributed by atoms with van der Waals surface area (Å²) in [5.41, 5.74) is 6.96. The molecule has 1 aliphatic rings. The largest absolute Gasteiger partial charge is 0.164 e. The smallest absolute Gasteiger partial charge is 0 e. The van der Waals surface area contributed by atoms with Crippen LogP contribution >= 0.6 is 0 Å². The van der Waals surface area contributed by atoms with Gasteiger partial charge < -0.3 is 0 Å². The standard InChI is InChI=1S/C24H27.Zr/c1-17-11-18(2)13-22(12-17)23-10-6-9-21-15-20(16-24(21)23)14-19-7-4-3-5-8-19;/h6,9-13,15-16,19H,3-5,7-8,14H2,1-2H3;/q-1;. The number of hydrogen-bond donors (Lipinski definition) is 0. The molecule has 0 N–H and O–H groups in total. The molecule has 3 aromatic carbocycles. The van der Waals surface area contributed by atoms with Crippen LogP contribution < -0.4 is 0 Å². The van der Waals surface area contributed by atoms with Gasteiger partial charge in [-0.25, -0.2) is 0 Å². The quantitative estimate of drug-likeness (QED) is 0.412. The summed E-state index contributed by atoms with van der Waals surface area (Å²) in [4.78, 5) is 0. The molecule has 0 radical (unpaired) electrons. The summed E-state index contributed by atoms with van der Waals surface area (Å²) >= 11 is 0. The molecular formula is C24H27Zr-. The van der Waals surface area contributed by atoms with Crippen molar-refractivity contribution in [3.05, 3.63) is 65.2 Å². The molecule has 0 heterocycles. The number of hydrogen-bond acceptors (Lipinski definition) is 0. The zero-order valence-corrected chi connectivity index (χ0v) is 17.9. The van der Waals surface area contributed by atoms with Gasteiger partial charge in [0.2, 0.25) is 0 Å². The van der Waals surface area contributed by atoms with Gasteiger partial charge in [0.15, 0.2) is 0 Å². The Hall–Kier alpha value is -1.07. The van der Waals surface area contributed by atoms with Crippen LogP contribution in [0.25, 0.3) is 21.9 Å². The van der Waals surface area contributed by atoms with E-state index in [1.807, 2.05) is 0 Å². The molecule has 1 heteroatoms. The Morgan fingerprint density at radius 2 is 1.64 bits per heavy atom. The first-order valence-corrected chi connectivity index (χ1v) is 9.46. The molecule has 0 aliphatic heterocycles. The van der Waals surface area contributed by atoms with Crippen LogP contribution in [0.1, 0.15) is 48.8 Å². The van der Waals surface area contributed by atoms with E-state index in [-0.39, 0.29) is 26.2 Å². The van der Waals surface area contributed by atoms with Crippen LogP contribution in [-0.4, -0.2) is 0 Å². The van der Waals surface area contributed by atoms with Crippen molar-refractivity contribution < 1.29 is 26.2 Å². The van der Waals surface area contributed by atoms with E-state index in [1.54, 1.807) is 0 Å². The fraction of sp³-hybridized carbons (Fsp3) is 0.375. The average Bonchev–Trinajstić information content (AvgIpc) is 2.97. The molecule has 0 unspecified atom stereocenters. The molecule has 0 nitrogen and oxygen atoms in total. The predicted molar refractivity (Wildman–Crippen MR) is 105 cm³/mol. The molecule has 3 aromatic rings. The summed E-state index contributed by atoms with van der Waals surface area (Å²) in [6, 6.07) is 18.5. The summed E-state index contributed by atoms with van der Waals surface area (Å²) in [6.45, 7) is 4.38. The fourth-order valence-electron chi connectivity index (χ4n) is 4.52. The van der Waals surface area contributed by atoms with E-state index in [9.17, 15) is 0 Å². The Morgan fingerprint density at radius 3 is 2.36 bits per heavy atom. The number of fused-ring (bicyclic) bond motifs is 1. The van der Waals surface area contributed by atoms with Gasteiger partial charge in [-0.15, -0.1) is 34.5 Å². The van der Waals surface area contributed by atoms with Gasteiger partial charge in [-0.2, -0.15) is 6.07 Å². The maximum Gasteiger partial charge on any atom is 0 e. The van der Waals surface area contributed by atoms with E-state index in [1.165, 1.54) is 77.1 Å². The number of benzene rings is 2. The molecule has 0 atom stereocenters. The van der Waals surface area contributed by atoms with E-state index in [4.69, 9.17) is 0 Å². The SMILES string of the molecule is Cc1cc(C)cc(-c2cccc3[cH-]c(CC4CCCCC4)cc23)c1.[Zr]. The maximum absolute atomic E-state index is 2.46. The van der Waals surface area contributed by atoms with Crippen LogP contribution in [0.3, 0.4) is 0 Å². The van der Waals surface area contributed by atoms with E-state index >= 15 is 0 Å². The number of rotatable bonds is 3.